The first-order chi connectivity index (χ1) is 15.8. The molecule has 0 radical (unpaired) electrons. The number of nitrogens with zero attached hydrogens (tertiary/aromatic N) is 1. The predicted molar refractivity (Wildman–Crippen MR) is 129 cm³/mol. The monoisotopic (exact) mass is 484 g/mol. The number of methoxy groups -OCH3 is 1. The van der Waals surface area contributed by atoms with Gasteiger partial charge in [-0.3, -0.25) is 4.79 Å². The van der Waals surface area contributed by atoms with E-state index in [0.717, 1.165) is 22.4 Å². The van der Waals surface area contributed by atoms with Crippen LogP contribution in [0.3, 0.4) is 0 Å². The van der Waals surface area contributed by atoms with Crippen molar-refractivity contribution >= 4 is 33.2 Å². The van der Waals surface area contributed by atoms with E-state index in [1.54, 1.807) is 19.2 Å². The number of aryl methyl sites for hydroxylation is 1. The normalized spacial score (nSPS) is 13.9. The molecule has 0 fully saturated rings. The van der Waals surface area contributed by atoms with E-state index < -0.39 is 10.0 Å². The molecule has 0 saturated heterocycles. The van der Waals surface area contributed by atoms with Gasteiger partial charge in [0.25, 0.3) is 0 Å². The van der Waals surface area contributed by atoms with Crippen molar-refractivity contribution in [2.24, 2.45) is 0 Å². The first-order valence-electron chi connectivity index (χ1n) is 10.7. The third kappa shape index (κ3) is 5.55. The van der Waals surface area contributed by atoms with Crippen molar-refractivity contribution in [2.45, 2.75) is 30.7 Å². The zero-order chi connectivity index (χ0) is 23.4. The van der Waals surface area contributed by atoms with E-state index in [2.05, 4.69) is 5.32 Å². The van der Waals surface area contributed by atoms with E-state index in [9.17, 15) is 13.2 Å². The topological polar surface area (TPSA) is 75.7 Å². The second-order valence-electron chi connectivity index (χ2n) is 7.92. The highest BCUT2D eigenvalue weighted by Crippen LogP contribution is 2.27. The summed E-state index contributed by atoms with van der Waals surface area (Å²) in [6.45, 7) is 0.668. The molecule has 172 valence electrons. The zero-order valence-corrected chi connectivity index (χ0v) is 19.8. The van der Waals surface area contributed by atoms with Crippen molar-refractivity contribution in [3.8, 4) is 5.75 Å². The number of nitrogens with one attached hydrogen (secondary N) is 1. The van der Waals surface area contributed by atoms with E-state index in [1.165, 1.54) is 16.4 Å². The summed E-state index contributed by atoms with van der Waals surface area (Å²) in [5, 5.41) is 3.42. The molecule has 1 heterocycles. The van der Waals surface area contributed by atoms with Crippen molar-refractivity contribution in [3.05, 3.63) is 88.4 Å². The molecule has 0 unspecified atom stereocenters. The fraction of sp³-hybridized carbons (Fsp3) is 0.240. The van der Waals surface area contributed by atoms with Gasteiger partial charge in [0.15, 0.2) is 0 Å². The van der Waals surface area contributed by atoms with Crippen LogP contribution in [0.15, 0.2) is 71.6 Å². The van der Waals surface area contributed by atoms with Crippen LogP contribution in [-0.2, 0) is 34.2 Å². The van der Waals surface area contributed by atoms with Crippen LogP contribution in [0.4, 0.5) is 5.69 Å². The maximum Gasteiger partial charge on any atom is 0.243 e. The van der Waals surface area contributed by atoms with Crippen LogP contribution >= 0.6 is 11.6 Å². The molecule has 3 aromatic carbocycles. The van der Waals surface area contributed by atoms with Gasteiger partial charge < -0.3 is 10.1 Å². The Morgan fingerprint density at radius 3 is 2.45 bits per heavy atom. The Morgan fingerprint density at radius 2 is 1.76 bits per heavy atom. The molecule has 1 amide bonds. The summed E-state index contributed by atoms with van der Waals surface area (Å²) in [5.41, 5.74) is 3.71. The predicted octanol–water partition coefficient (Wildman–Crippen LogP) is 4.67. The average Bonchev–Trinajstić information content (AvgIpc) is 2.83. The van der Waals surface area contributed by atoms with E-state index in [0.29, 0.717) is 36.5 Å². The lowest BCUT2D eigenvalue weighted by Crippen LogP contribution is -2.36. The largest absolute Gasteiger partial charge is 0.497 e. The number of carbonyl (C=O) groups is 1. The average molecular weight is 485 g/mol. The van der Waals surface area contributed by atoms with Gasteiger partial charge in [-0.15, -0.1) is 0 Å². The van der Waals surface area contributed by atoms with Gasteiger partial charge in [-0.25, -0.2) is 8.42 Å². The second-order valence-corrected chi connectivity index (χ2v) is 10.3. The first-order valence-corrected chi connectivity index (χ1v) is 12.5. The number of ether oxygens (including phenoxy) is 1. The van der Waals surface area contributed by atoms with E-state index in [4.69, 9.17) is 16.3 Å². The molecule has 0 spiro atoms. The number of amides is 1. The molecule has 0 atom stereocenters. The molecule has 1 aliphatic heterocycles. The minimum Gasteiger partial charge on any atom is -0.497 e. The van der Waals surface area contributed by atoms with Gasteiger partial charge in [-0.2, -0.15) is 4.31 Å². The number of rotatable bonds is 7. The van der Waals surface area contributed by atoms with E-state index in [-0.39, 0.29) is 17.3 Å². The Kier molecular flexibility index (Phi) is 7.02. The third-order valence-electron chi connectivity index (χ3n) is 5.72. The zero-order valence-electron chi connectivity index (χ0n) is 18.3. The maximum atomic E-state index is 13.0. The highest BCUT2D eigenvalue weighted by Gasteiger charge is 2.28. The van der Waals surface area contributed by atoms with Crippen molar-refractivity contribution in [3.63, 3.8) is 0 Å². The number of hydrogen-bond donors (Lipinski definition) is 1. The van der Waals surface area contributed by atoms with Crippen molar-refractivity contribution in [1.29, 1.82) is 0 Å². The summed E-state index contributed by atoms with van der Waals surface area (Å²) in [7, 11) is -2.00. The number of anilines is 1. The summed E-state index contributed by atoms with van der Waals surface area (Å²) < 4.78 is 32.7. The highest BCUT2D eigenvalue weighted by atomic mass is 35.5. The molecule has 3 aromatic rings. The first kappa shape index (κ1) is 23.3. The van der Waals surface area contributed by atoms with E-state index >= 15 is 0 Å². The Balaban J connectivity index is 1.40. The molecular weight excluding hydrogens is 460 g/mol. The number of carbonyl (C=O) groups excluding carboxylic acids is 1. The van der Waals surface area contributed by atoms with Crippen LogP contribution in [0.25, 0.3) is 0 Å². The minimum atomic E-state index is -3.62. The van der Waals surface area contributed by atoms with Gasteiger partial charge >= 0.3 is 0 Å². The fourth-order valence-corrected chi connectivity index (χ4v) is 5.39. The quantitative estimate of drug-likeness (QED) is 0.529. The SMILES string of the molecule is COc1ccc(CCC(=O)Nc2ccc3c(c2)CN(S(=O)(=O)c2ccc(Cl)cc2)CC3)cc1. The lowest BCUT2D eigenvalue weighted by molar-refractivity contribution is -0.116. The van der Waals surface area contributed by atoms with Gasteiger partial charge in [-0.1, -0.05) is 29.8 Å². The molecule has 0 aliphatic carbocycles. The molecule has 0 aromatic heterocycles. The summed E-state index contributed by atoms with van der Waals surface area (Å²) in [6, 6.07) is 19.5. The van der Waals surface area contributed by atoms with Crippen LogP contribution in [0, 0.1) is 0 Å². The Morgan fingerprint density at radius 1 is 1.03 bits per heavy atom. The molecular formula is C25H25ClN2O4S. The minimum absolute atomic E-state index is 0.0905. The van der Waals surface area contributed by atoms with Crippen molar-refractivity contribution < 1.29 is 17.9 Å². The van der Waals surface area contributed by atoms with Gasteiger partial charge in [0.1, 0.15) is 5.75 Å². The third-order valence-corrected chi connectivity index (χ3v) is 7.83. The summed E-state index contributed by atoms with van der Waals surface area (Å²) in [4.78, 5) is 12.7. The Bertz CT molecular complexity index is 1240. The number of halogens is 1. The van der Waals surface area contributed by atoms with Crippen LogP contribution in [0.1, 0.15) is 23.1 Å². The summed E-state index contributed by atoms with van der Waals surface area (Å²) in [5.74, 6) is 0.691. The lowest BCUT2D eigenvalue weighted by Gasteiger charge is -2.28. The van der Waals surface area contributed by atoms with Crippen LogP contribution in [0.5, 0.6) is 5.75 Å². The molecule has 1 aliphatic rings. The summed E-state index contributed by atoms with van der Waals surface area (Å²) in [6.07, 6.45) is 1.59. The molecule has 0 saturated carbocycles. The highest BCUT2D eigenvalue weighted by molar-refractivity contribution is 7.89. The standard InChI is InChI=1S/C25H25ClN2O4S/c1-32-23-9-2-18(3-10-23)4-13-25(29)27-22-8-5-19-14-15-28(17-20(19)16-22)33(30,31)24-11-6-21(26)7-12-24/h2-3,5-12,16H,4,13-15,17H2,1H3,(H,27,29). The van der Waals surface area contributed by atoms with Gasteiger partial charge in [0, 0.05) is 30.2 Å². The Labute approximate surface area is 199 Å². The van der Waals surface area contributed by atoms with Crippen molar-refractivity contribution in [1.82, 2.24) is 4.31 Å². The molecule has 1 N–H and O–H groups in total. The molecule has 6 nitrogen and oxygen atoms in total. The lowest BCUT2D eigenvalue weighted by atomic mass is 10.0. The summed E-state index contributed by atoms with van der Waals surface area (Å²) >= 11 is 5.89. The number of hydrogen-bond acceptors (Lipinski definition) is 4. The molecule has 0 bridgehead atoms. The smallest absolute Gasteiger partial charge is 0.243 e. The van der Waals surface area contributed by atoms with Crippen LogP contribution < -0.4 is 10.1 Å². The number of sulfonamides is 1. The molecule has 4 rings (SSSR count). The van der Waals surface area contributed by atoms with Crippen LogP contribution in [-0.4, -0.2) is 32.3 Å². The number of benzene rings is 3. The molecule has 33 heavy (non-hydrogen) atoms. The Hall–Kier alpha value is -2.87. The second kappa shape index (κ2) is 9.95. The number of fused-ring (bicyclic) bond motifs is 1. The van der Waals surface area contributed by atoms with Gasteiger partial charge in [0.2, 0.25) is 15.9 Å². The fourth-order valence-electron chi connectivity index (χ4n) is 3.84. The van der Waals surface area contributed by atoms with Gasteiger partial charge in [-0.05, 0) is 78.1 Å². The van der Waals surface area contributed by atoms with Crippen molar-refractivity contribution in [2.75, 3.05) is 19.0 Å². The van der Waals surface area contributed by atoms with Crippen LogP contribution in [0.2, 0.25) is 5.02 Å². The molecule has 8 heteroatoms. The van der Waals surface area contributed by atoms with Gasteiger partial charge in [0.05, 0.1) is 12.0 Å². The van der Waals surface area contributed by atoms with E-state index in [1.807, 2.05) is 42.5 Å². The maximum absolute atomic E-state index is 13.0.